The lowest BCUT2D eigenvalue weighted by Gasteiger charge is -2.33. The highest BCUT2D eigenvalue weighted by atomic mass is 16.6. The van der Waals surface area contributed by atoms with Gasteiger partial charge in [0.2, 0.25) is 0 Å². The zero-order valence-corrected chi connectivity index (χ0v) is 19.4. The molecule has 0 saturated carbocycles. The first-order valence-electron chi connectivity index (χ1n) is 10.6. The summed E-state index contributed by atoms with van der Waals surface area (Å²) in [6, 6.07) is -0.427. The van der Waals surface area contributed by atoms with Gasteiger partial charge in [0, 0.05) is 0 Å². The molecule has 0 radical (unpaired) electrons. The van der Waals surface area contributed by atoms with Crippen molar-refractivity contribution in [3.8, 4) is 11.8 Å². The minimum absolute atomic E-state index is 0.128. The number of hydrogen-bond acceptors (Lipinski definition) is 4. The van der Waals surface area contributed by atoms with Crippen LogP contribution in [0.4, 0.5) is 4.79 Å². The Balaban J connectivity index is 2.87. The standard InChI is InChI=1S/C23H41NO4/c1-10-17(14-15-22(6,7)11-2)19(25)13-12-18-16-27-23(8,9)24(18)20(26)28-21(3,4)5/h17-19,25H,10-11,14-16H2,1-9H3. The van der Waals surface area contributed by atoms with E-state index in [-0.39, 0.29) is 11.3 Å². The lowest BCUT2D eigenvalue weighted by molar-refractivity contribution is -0.0608. The molecule has 0 aliphatic carbocycles. The number of aliphatic hydroxyl groups is 1. The Labute approximate surface area is 172 Å². The van der Waals surface area contributed by atoms with Crippen molar-refractivity contribution in [2.75, 3.05) is 6.61 Å². The molecule has 3 atom stereocenters. The molecular formula is C23H41NO4. The molecule has 3 unspecified atom stereocenters. The molecule has 1 rings (SSSR count). The van der Waals surface area contributed by atoms with E-state index in [4.69, 9.17) is 9.47 Å². The van der Waals surface area contributed by atoms with Crippen LogP contribution < -0.4 is 0 Å². The van der Waals surface area contributed by atoms with Crippen LogP contribution in [0.2, 0.25) is 0 Å². The number of rotatable bonds is 6. The predicted molar refractivity (Wildman–Crippen MR) is 113 cm³/mol. The monoisotopic (exact) mass is 395 g/mol. The van der Waals surface area contributed by atoms with E-state index in [1.54, 1.807) is 4.90 Å². The van der Waals surface area contributed by atoms with Gasteiger partial charge in [-0.2, -0.15) is 0 Å². The van der Waals surface area contributed by atoms with Gasteiger partial charge in [-0.25, -0.2) is 4.79 Å². The van der Waals surface area contributed by atoms with Crippen molar-refractivity contribution in [1.29, 1.82) is 0 Å². The molecule has 0 aromatic rings. The number of nitrogens with zero attached hydrogens (tertiary/aromatic N) is 1. The molecule has 1 N–H and O–H groups in total. The van der Waals surface area contributed by atoms with Crippen LogP contribution >= 0.6 is 0 Å². The average molecular weight is 396 g/mol. The second kappa shape index (κ2) is 9.50. The molecule has 28 heavy (non-hydrogen) atoms. The predicted octanol–water partition coefficient (Wildman–Crippen LogP) is 4.97. The second-order valence-electron chi connectivity index (χ2n) is 10.1. The van der Waals surface area contributed by atoms with E-state index in [1.807, 2.05) is 34.6 Å². The van der Waals surface area contributed by atoms with E-state index >= 15 is 0 Å². The van der Waals surface area contributed by atoms with Crippen LogP contribution in [-0.4, -0.2) is 46.2 Å². The molecule has 1 saturated heterocycles. The van der Waals surface area contributed by atoms with Gasteiger partial charge < -0.3 is 14.6 Å². The number of ether oxygens (including phenoxy) is 2. The average Bonchev–Trinajstić information content (AvgIpc) is 2.86. The van der Waals surface area contributed by atoms with E-state index in [0.29, 0.717) is 6.61 Å². The Morgan fingerprint density at radius 1 is 1.29 bits per heavy atom. The van der Waals surface area contributed by atoms with Crippen molar-refractivity contribution >= 4 is 6.09 Å². The maximum atomic E-state index is 12.7. The quantitative estimate of drug-likeness (QED) is 0.645. The summed E-state index contributed by atoms with van der Waals surface area (Å²) < 4.78 is 11.3. The molecule has 0 aromatic heterocycles. The van der Waals surface area contributed by atoms with Crippen molar-refractivity contribution in [2.45, 2.75) is 111 Å². The Morgan fingerprint density at radius 2 is 1.89 bits per heavy atom. The largest absolute Gasteiger partial charge is 0.444 e. The minimum Gasteiger partial charge on any atom is -0.444 e. The summed E-state index contributed by atoms with van der Waals surface area (Å²) >= 11 is 0. The van der Waals surface area contributed by atoms with Gasteiger partial charge in [-0.3, -0.25) is 4.90 Å². The third-order valence-corrected chi connectivity index (χ3v) is 5.59. The first kappa shape index (κ1) is 24.8. The molecule has 1 aliphatic rings. The topological polar surface area (TPSA) is 59.0 Å². The summed E-state index contributed by atoms with van der Waals surface area (Å²) in [6.45, 7) is 18.3. The van der Waals surface area contributed by atoms with Gasteiger partial charge in [0.15, 0.2) is 0 Å². The summed E-state index contributed by atoms with van der Waals surface area (Å²) in [4.78, 5) is 14.2. The first-order valence-corrected chi connectivity index (χ1v) is 10.6. The van der Waals surface area contributed by atoms with Crippen molar-refractivity contribution < 1.29 is 19.4 Å². The van der Waals surface area contributed by atoms with E-state index in [9.17, 15) is 9.90 Å². The van der Waals surface area contributed by atoms with Gasteiger partial charge >= 0.3 is 6.09 Å². The van der Waals surface area contributed by atoms with Crippen molar-refractivity contribution in [1.82, 2.24) is 4.90 Å². The Bertz CT molecular complexity index is 580. The lowest BCUT2D eigenvalue weighted by atomic mass is 9.81. The zero-order chi connectivity index (χ0) is 21.8. The zero-order valence-electron chi connectivity index (χ0n) is 19.4. The first-order chi connectivity index (χ1) is 12.7. The molecule has 1 fully saturated rings. The van der Waals surface area contributed by atoms with Crippen LogP contribution in [0.1, 0.15) is 88.0 Å². The van der Waals surface area contributed by atoms with Gasteiger partial charge in [0.05, 0.1) is 6.61 Å². The number of hydrogen-bond donors (Lipinski definition) is 1. The van der Waals surface area contributed by atoms with Crippen LogP contribution in [0, 0.1) is 23.2 Å². The van der Waals surface area contributed by atoms with Crippen LogP contribution in [0.3, 0.4) is 0 Å². The van der Waals surface area contributed by atoms with Crippen molar-refractivity contribution in [3.63, 3.8) is 0 Å². The van der Waals surface area contributed by atoms with E-state index < -0.39 is 29.6 Å². The Morgan fingerprint density at radius 3 is 2.39 bits per heavy atom. The van der Waals surface area contributed by atoms with Crippen LogP contribution in [0.15, 0.2) is 0 Å². The molecular weight excluding hydrogens is 354 g/mol. The molecule has 0 spiro atoms. The van der Waals surface area contributed by atoms with Crippen LogP contribution in [0.5, 0.6) is 0 Å². The van der Waals surface area contributed by atoms with Gasteiger partial charge in [0.25, 0.3) is 0 Å². The summed E-state index contributed by atoms with van der Waals surface area (Å²) in [7, 11) is 0. The number of carbonyl (C=O) groups excluding carboxylic acids is 1. The maximum absolute atomic E-state index is 12.7. The second-order valence-corrected chi connectivity index (χ2v) is 10.1. The normalized spacial score (nSPS) is 21.6. The summed E-state index contributed by atoms with van der Waals surface area (Å²) in [5.41, 5.74) is -1.11. The fraction of sp³-hybridized carbons (Fsp3) is 0.870. The molecule has 1 aliphatic heterocycles. The molecule has 0 aromatic carbocycles. The van der Waals surface area contributed by atoms with Crippen LogP contribution in [-0.2, 0) is 9.47 Å². The highest BCUT2D eigenvalue weighted by Crippen LogP contribution is 2.31. The molecule has 0 bridgehead atoms. The van der Waals surface area contributed by atoms with E-state index in [2.05, 4.69) is 39.5 Å². The molecule has 1 amide bonds. The maximum Gasteiger partial charge on any atom is 0.413 e. The van der Waals surface area contributed by atoms with Gasteiger partial charge in [-0.15, -0.1) is 0 Å². The van der Waals surface area contributed by atoms with Crippen LogP contribution in [0.25, 0.3) is 0 Å². The third kappa shape index (κ3) is 7.29. The van der Waals surface area contributed by atoms with Gasteiger partial charge in [-0.05, 0) is 65.2 Å². The number of carbonyl (C=O) groups is 1. The third-order valence-electron chi connectivity index (χ3n) is 5.59. The summed E-state index contributed by atoms with van der Waals surface area (Å²) in [5.74, 6) is 6.20. The van der Waals surface area contributed by atoms with E-state index in [1.165, 1.54) is 0 Å². The molecule has 1 heterocycles. The van der Waals surface area contributed by atoms with Gasteiger partial charge in [-0.1, -0.05) is 46.0 Å². The van der Waals surface area contributed by atoms with E-state index in [0.717, 1.165) is 25.7 Å². The number of amides is 1. The highest BCUT2D eigenvalue weighted by molar-refractivity contribution is 5.70. The Hall–Kier alpha value is -1.25. The highest BCUT2D eigenvalue weighted by Gasteiger charge is 2.45. The molecule has 162 valence electrons. The Kier molecular flexibility index (Phi) is 8.41. The minimum atomic E-state index is -0.790. The fourth-order valence-corrected chi connectivity index (χ4v) is 3.20. The number of aliphatic hydroxyl groups excluding tert-OH is 1. The van der Waals surface area contributed by atoms with Gasteiger partial charge in [0.1, 0.15) is 23.5 Å². The lowest BCUT2D eigenvalue weighted by Crippen LogP contribution is -2.49. The fourth-order valence-electron chi connectivity index (χ4n) is 3.20. The smallest absolute Gasteiger partial charge is 0.413 e. The summed E-state index contributed by atoms with van der Waals surface area (Å²) in [5, 5.41) is 10.6. The summed E-state index contributed by atoms with van der Waals surface area (Å²) in [6.07, 6.45) is 2.84. The van der Waals surface area contributed by atoms with Crippen molar-refractivity contribution in [3.05, 3.63) is 0 Å². The molecule has 5 heteroatoms. The van der Waals surface area contributed by atoms with Crippen molar-refractivity contribution in [2.24, 2.45) is 11.3 Å². The SMILES string of the molecule is CCC(CCC(C)(C)CC)C(O)C#CC1COC(C)(C)N1C(=O)OC(C)(C)C. The molecule has 5 nitrogen and oxygen atoms in total.